The third-order valence-electron chi connectivity index (χ3n) is 6.45. The summed E-state index contributed by atoms with van der Waals surface area (Å²) in [6.07, 6.45) is 1.78. The Kier molecular flexibility index (Phi) is 6.97. The van der Waals surface area contributed by atoms with Crippen LogP contribution in [0.15, 0.2) is 49.2 Å². The summed E-state index contributed by atoms with van der Waals surface area (Å²) < 4.78 is 62.4. The van der Waals surface area contributed by atoms with E-state index in [0.717, 1.165) is 11.6 Å². The lowest BCUT2D eigenvalue weighted by molar-refractivity contribution is -0.136. The largest absolute Gasteiger partial charge is 0.473 e. The predicted octanol–water partition coefficient (Wildman–Crippen LogP) is 5.29. The van der Waals surface area contributed by atoms with Crippen molar-refractivity contribution in [2.75, 3.05) is 23.4 Å². The van der Waals surface area contributed by atoms with E-state index in [0.29, 0.717) is 35.9 Å². The third-order valence-corrected chi connectivity index (χ3v) is 6.45. The van der Waals surface area contributed by atoms with Crippen molar-refractivity contribution < 1.29 is 22.3 Å². The summed E-state index contributed by atoms with van der Waals surface area (Å²) in [5.41, 5.74) is 0.0696. The van der Waals surface area contributed by atoms with Crippen LogP contribution in [0.1, 0.15) is 30.7 Å². The molecule has 4 heterocycles. The predicted molar refractivity (Wildman–Crippen MR) is 137 cm³/mol. The van der Waals surface area contributed by atoms with Crippen LogP contribution in [0.4, 0.5) is 40.4 Å². The van der Waals surface area contributed by atoms with E-state index >= 15 is 0 Å². The molecule has 1 N–H and O–H groups in total. The molecule has 4 aromatic rings. The van der Waals surface area contributed by atoms with Crippen LogP contribution < -0.4 is 15.0 Å². The Morgan fingerprint density at radius 2 is 1.98 bits per heavy atom. The Labute approximate surface area is 226 Å². The van der Waals surface area contributed by atoms with Gasteiger partial charge in [0, 0.05) is 30.1 Å². The van der Waals surface area contributed by atoms with Crippen LogP contribution in [-0.2, 0) is 24.7 Å². The van der Waals surface area contributed by atoms with Crippen molar-refractivity contribution >= 4 is 22.9 Å². The van der Waals surface area contributed by atoms with Gasteiger partial charge < -0.3 is 15.0 Å². The molecule has 5 rings (SSSR count). The molecule has 10 nitrogen and oxygen atoms in total. The average Bonchev–Trinajstić information content (AvgIpc) is 3.48. The number of fused-ring (bicyclic) bond motifs is 1. The summed E-state index contributed by atoms with van der Waals surface area (Å²) in [5.74, 6) is -0.385. The SMILES string of the molecule is [C-]#[N+]c1ccc(N2CCc3c(ncnc3Nc3cnc(OCC(C)(C)n4ccnn4)c(F)c3)C2)cc1C(F)(F)F. The zero-order valence-corrected chi connectivity index (χ0v) is 21.4. The monoisotopic (exact) mass is 553 g/mol. The number of alkyl halides is 3. The summed E-state index contributed by atoms with van der Waals surface area (Å²) in [5, 5.41) is 10.8. The van der Waals surface area contributed by atoms with Crippen molar-refractivity contribution in [3.05, 3.63) is 83.2 Å². The number of ether oxygens (including phenoxy) is 1. The fraction of sp³-hybridized carbons (Fsp3) is 0.308. The zero-order chi connectivity index (χ0) is 28.5. The van der Waals surface area contributed by atoms with Gasteiger partial charge in [0.05, 0.1) is 48.0 Å². The molecule has 0 saturated carbocycles. The van der Waals surface area contributed by atoms with E-state index in [4.69, 9.17) is 11.3 Å². The molecule has 0 amide bonds. The molecule has 40 heavy (non-hydrogen) atoms. The highest BCUT2D eigenvalue weighted by atomic mass is 19.4. The van der Waals surface area contributed by atoms with Crippen molar-refractivity contribution in [3.8, 4) is 5.88 Å². The minimum absolute atomic E-state index is 0.105. The normalized spacial score (nSPS) is 13.5. The molecule has 1 aliphatic heterocycles. The minimum atomic E-state index is -4.64. The maximum atomic E-state index is 14.8. The number of anilines is 3. The lowest BCUT2D eigenvalue weighted by Gasteiger charge is -2.31. The first-order valence-corrected chi connectivity index (χ1v) is 12.1. The Morgan fingerprint density at radius 3 is 2.67 bits per heavy atom. The van der Waals surface area contributed by atoms with Crippen LogP contribution in [0.5, 0.6) is 5.88 Å². The van der Waals surface area contributed by atoms with Crippen LogP contribution >= 0.6 is 0 Å². The maximum absolute atomic E-state index is 14.8. The molecule has 0 saturated heterocycles. The molecule has 0 bridgehead atoms. The molecular formula is C26H23F4N9O. The van der Waals surface area contributed by atoms with Gasteiger partial charge in [-0.2, -0.15) is 13.2 Å². The number of hydrogen-bond acceptors (Lipinski definition) is 8. The Morgan fingerprint density at radius 1 is 1.15 bits per heavy atom. The standard InChI is InChI=1S/C26H23F4N9O/c1-25(2,39-9-7-35-37-39)14-40-24-20(27)10-16(12-32-24)36-23-18-6-8-38(13-22(18)33-15-34-23)17-4-5-21(31-3)19(11-17)26(28,29)30/h4-5,7,9-12,15H,6,8,13-14H2,1-2H3,(H,33,34,36). The number of pyridine rings is 1. The van der Waals surface area contributed by atoms with Gasteiger partial charge in [0.1, 0.15) is 18.8 Å². The van der Waals surface area contributed by atoms with Gasteiger partial charge in [-0.3, -0.25) is 0 Å². The van der Waals surface area contributed by atoms with Gasteiger partial charge in [-0.05, 0) is 32.4 Å². The van der Waals surface area contributed by atoms with Crippen LogP contribution in [0.3, 0.4) is 0 Å². The molecule has 0 aliphatic carbocycles. The van der Waals surface area contributed by atoms with Crippen molar-refractivity contribution in [3.63, 3.8) is 0 Å². The molecule has 0 atom stereocenters. The molecule has 0 spiro atoms. The van der Waals surface area contributed by atoms with Gasteiger partial charge in [0.25, 0.3) is 5.88 Å². The molecule has 0 radical (unpaired) electrons. The molecule has 0 unspecified atom stereocenters. The van der Waals surface area contributed by atoms with Gasteiger partial charge >= 0.3 is 6.18 Å². The topological polar surface area (TPSA) is 98.2 Å². The Balaban J connectivity index is 1.30. The first-order chi connectivity index (χ1) is 19.0. The lowest BCUT2D eigenvalue weighted by Crippen LogP contribution is -2.34. The Bertz CT molecular complexity index is 1570. The molecule has 1 aliphatic rings. The molecule has 1 aromatic carbocycles. The van der Waals surface area contributed by atoms with Crippen molar-refractivity contribution in [1.82, 2.24) is 29.9 Å². The lowest BCUT2D eigenvalue weighted by atomic mass is 10.0. The number of nitrogens with one attached hydrogen (secondary N) is 1. The van der Waals surface area contributed by atoms with E-state index in [-0.39, 0.29) is 19.0 Å². The minimum Gasteiger partial charge on any atom is -0.473 e. The van der Waals surface area contributed by atoms with E-state index in [1.54, 1.807) is 22.0 Å². The third kappa shape index (κ3) is 5.49. The van der Waals surface area contributed by atoms with Crippen molar-refractivity contribution in [1.29, 1.82) is 0 Å². The molecule has 0 fully saturated rings. The summed E-state index contributed by atoms with van der Waals surface area (Å²) >= 11 is 0. The van der Waals surface area contributed by atoms with E-state index < -0.39 is 28.8 Å². The van der Waals surface area contributed by atoms with E-state index in [1.165, 1.54) is 30.7 Å². The van der Waals surface area contributed by atoms with Crippen LogP contribution in [-0.4, -0.2) is 43.1 Å². The number of hydrogen-bond donors (Lipinski definition) is 1. The second-order valence-corrected chi connectivity index (χ2v) is 9.71. The fourth-order valence-electron chi connectivity index (χ4n) is 4.31. The number of benzene rings is 1. The highest BCUT2D eigenvalue weighted by molar-refractivity contribution is 5.64. The number of nitrogens with zero attached hydrogens (tertiary/aromatic N) is 8. The van der Waals surface area contributed by atoms with Gasteiger partial charge in [-0.25, -0.2) is 28.9 Å². The van der Waals surface area contributed by atoms with Crippen LogP contribution in [0.25, 0.3) is 4.85 Å². The van der Waals surface area contributed by atoms with Gasteiger partial charge in [-0.1, -0.05) is 11.3 Å². The first kappa shape index (κ1) is 26.8. The summed E-state index contributed by atoms with van der Waals surface area (Å²) in [6, 6.07) is 4.91. The molecule has 206 valence electrons. The first-order valence-electron chi connectivity index (χ1n) is 12.1. The maximum Gasteiger partial charge on any atom is 0.407 e. The number of rotatable bonds is 7. The fourth-order valence-corrected chi connectivity index (χ4v) is 4.31. The van der Waals surface area contributed by atoms with Gasteiger partial charge in [0.15, 0.2) is 11.5 Å². The van der Waals surface area contributed by atoms with Gasteiger partial charge in [-0.15, -0.1) is 5.10 Å². The second kappa shape index (κ2) is 10.4. The van der Waals surface area contributed by atoms with Crippen LogP contribution in [0, 0.1) is 12.4 Å². The number of halogens is 4. The van der Waals surface area contributed by atoms with Crippen molar-refractivity contribution in [2.24, 2.45) is 0 Å². The summed E-state index contributed by atoms with van der Waals surface area (Å²) in [4.78, 5) is 17.4. The second-order valence-electron chi connectivity index (χ2n) is 9.71. The molecule has 14 heteroatoms. The summed E-state index contributed by atoms with van der Waals surface area (Å²) in [6.45, 7) is 11.5. The smallest absolute Gasteiger partial charge is 0.407 e. The quantitative estimate of drug-likeness (QED) is 0.244. The molecular weight excluding hydrogens is 530 g/mol. The molecule has 3 aromatic heterocycles. The van der Waals surface area contributed by atoms with E-state index in [2.05, 4.69) is 35.4 Å². The van der Waals surface area contributed by atoms with Crippen molar-refractivity contribution in [2.45, 2.75) is 38.5 Å². The van der Waals surface area contributed by atoms with E-state index in [1.807, 2.05) is 13.8 Å². The highest BCUT2D eigenvalue weighted by Gasteiger charge is 2.34. The van der Waals surface area contributed by atoms with Crippen LogP contribution in [0.2, 0.25) is 0 Å². The average molecular weight is 554 g/mol. The Hall–Kier alpha value is -4.80. The highest BCUT2D eigenvalue weighted by Crippen LogP contribution is 2.39. The van der Waals surface area contributed by atoms with E-state index in [9.17, 15) is 17.6 Å². The number of aromatic nitrogens is 6. The zero-order valence-electron chi connectivity index (χ0n) is 21.4. The van der Waals surface area contributed by atoms with Gasteiger partial charge in [0.2, 0.25) is 0 Å². The summed E-state index contributed by atoms with van der Waals surface area (Å²) in [7, 11) is 0.